The van der Waals surface area contributed by atoms with Gasteiger partial charge in [-0.05, 0) is 37.8 Å². The first kappa shape index (κ1) is 13.1. The zero-order valence-corrected chi connectivity index (χ0v) is 11.4. The Hall–Kier alpha value is -1.31. The van der Waals surface area contributed by atoms with E-state index in [0.29, 0.717) is 5.92 Å². The quantitative estimate of drug-likeness (QED) is 0.788. The predicted molar refractivity (Wildman–Crippen MR) is 75.6 cm³/mol. The normalized spacial score (nSPS) is 17.7. The molecule has 0 spiro atoms. The van der Waals surface area contributed by atoms with Crippen molar-refractivity contribution in [2.45, 2.75) is 39.5 Å². The van der Waals surface area contributed by atoms with Crippen LogP contribution in [0.2, 0.25) is 0 Å². The molecular formula is C16H23NO. The number of amides is 1. The topological polar surface area (TPSA) is 20.3 Å². The van der Waals surface area contributed by atoms with E-state index in [2.05, 4.69) is 6.92 Å². The van der Waals surface area contributed by atoms with Crippen LogP contribution in [0, 0.1) is 11.8 Å². The molecule has 1 fully saturated rings. The van der Waals surface area contributed by atoms with Crippen LogP contribution in [0.5, 0.6) is 0 Å². The molecule has 1 saturated carbocycles. The lowest BCUT2D eigenvalue weighted by Gasteiger charge is -2.27. The lowest BCUT2D eigenvalue weighted by atomic mass is 9.91. The zero-order chi connectivity index (χ0) is 13.0. The fourth-order valence-corrected chi connectivity index (χ4v) is 2.98. The third-order valence-electron chi connectivity index (χ3n) is 4.15. The summed E-state index contributed by atoms with van der Waals surface area (Å²) in [7, 11) is 0. The van der Waals surface area contributed by atoms with E-state index in [4.69, 9.17) is 0 Å². The highest BCUT2D eigenvalue weighted by Crippen LogP contribution is 2.32. The second-order valence-electron chi connectivity index (χ2n) is 5.25. The first-order valence-corrected chi connectivity index (χ1v) is 7.10. The van der Waals surface area contributed by atoms with Gasteiger partial charge in [-0.1, -0.05) is 38.0 Å². The van der Waals surface area contributed by atoms with Crippen molar-refractivity contribution in [2.75, 3.05) is 11.4 Å². The molecule has 2 rings (SSSR count). The number of carbonyl (C=O) groups excluding carboxylic acids is 1. The fraction of sp³-hybridized carbons (Fsp3) is 0.562. The van der Waals surface area contributed by atoms with Gasteiger partial charge >= 0.3 is 0 Å². The summed E-state index contributed by atoms with van der Waals surface area (Å²) >= 11 is 0. The summed E-state index contributed by atoms with van der Waals surface area (Å²) in [6, 6.07) is 10.0. The summed E-state index contributed by atoms with van der Waals surface area (Å²) in [5, 5.41) is 0. The molecule has 0 N–H and O–H groups in total. The largest absolute Gasteiger partial charge is 0.312 e. The number of rotatable bonds is 4. The molecular weight excluding hydrogens is 222 g/mol. The maximum Gasteiger partial charge on any atom is 0.230 e. The smallest absolute Gasteiger partial charge is 0.230 e. The summed E-state index contributed by atoms with van der Waals surface area (Å²) in [5.41, 5.74) is 1.02. The number of carbonyl (C=O) groups is 1. The highest BCUT2D eigenvalue weighted by Gasteiger charge is 2.29. The minimum Gasteiger partial charge on any atom is -0.312 e. The second-order valence-corrected chi connectivity index (χ2v) is 5.25. The molecule has 0 saturated heterocycles. The van der Waals surface area contributed by atoms with Gasteiger partial charge in [0, 0.05) is 18.2 Å². The molecule has 1 aromatic carbocycles. The highest BCUT2D eigenvalue weighted by molar-refractivity contribution is 5.94. The zero-order valence-electron chi connectivity index (χ0n) is 11.4. The molecule has 0 aliphatic heterocycles. The molecule has 18 heavy (non-hydrogen) atoms. The minimum absolute atomic E-state index is 0.160. The molecule has 1 aromatic rings. The van der Waals surface area contributed by atoms with Crippen molar-refractivity contribution in [3.8, 4) is 0 Å². The van der Waals surface area contributed by atoms with E-state index in [1.807, 2.05) is 42.2 Å². The van der Waals surface area contributed by atoms with Gasteiger partial charge in [-0.2, -0.15) is 0 Å². The van der Waals surface area contributed by atoms with Crippen LogP contribution in [0.3, 0.4) is 0 Å². The summed E-state index contributed by atoms with van der Waals surface area (Å²) in [4.78, 5) is 14.5. The number of hydrogen-bond donors (Lipinski definition) is 0. The van der Waals surface area contributed by atoms with Gasteiger partial charge in [0.2, 0.25) is 5.91 Å². The Balaban J connectivity index is 2.10. The van der Waals surface area contributed by atoms with Crippen molar-refractivity contribution < 1.29 is 4.79 Å². The standard InChI is InChI=1S/C16H23NO/c1-3-17(15-11-5-4-6-12-15)16(18)13(2)14-9-7-8-10-14/h4-6,11-14H,3,7-10H2,1-2H3. The molecule has 1 aliphatic carbocycles. The maximum atomic E-state index is 12.6. The Kier molecular flexibility index (Phi) is 4.40. The summed E-state index contributed by atoms with van der Waals surface area (Å²) in [6.45, 7) is 4.90. The molecule has 98 valence electrons. The van der Waals surface area contributed by atoms with Crippen LogP contribution in [0.15, 0.2) is 30.3 Å². The van der Waals surface area contributed by atoms with E-state index in [1.165, 1.54) is 25.7 Å². The summed E-state index contributed by atoms with van der Waals surface area (Å²) < 4.78 is 0. The second kappa shape index (κ2) is 6.03. The minimum atomic E-state index is 0.160. The average Bonchev–Trinajstić information content (AvgIpc) is 2.94. The van der Waals surface area contributed by atoms with Crippen molar-refractivity contribution in [2.24, 2.45) is 11.8 Å². The van der Waals surface area contributed by atoms with Gasteiger partial charge in [-0.3, -0.25) is 4.79 Å². The van der Waals surface area contributed by atoms with Gasteiger partial charge in [0.05, 0.1) is 0 Å². The third kappa shape index (κ3) is 2.74. The monoisotopic (exact) mass is 245 g/mol. The van der Waals surface area contributed by atoms with E-state index in [9.17, 15) is 4.79 Å². The Morgan fingerprint density at radius 1 is 1.28 bits per heavy atom. The van der Waals surface area contributed by atoms with E-state index in [-0.39, 0.29) is 11.8 Å². The number of nitrogens with zero attached hydrogens (tertiary/aromatic N) is 1. The van der Waals surface area contributed by atoms with Crippen molar-refractivity contribution in [3.05, 3.63) is 30.3 Å². The van der Waals surface area contributed by atoms with Gasteiger partial charge in [0.25, 0.3) is 0 Å². The van der Waals surface area contributed by atoms with Crippen LogP contribution in [0.1, 0.15) is 39.5 Å². The number of para-hydroxylation sites is 1. The SMILES string of the molecule is CCN(C(=O)C(C)C1CCCC1)c1ccccc1. The molecule has 1 aliphatic rings. The van der Waals surface area contributed by atoms with Gasteiger partial charge in [-0.15, -0.1) is 0 Å². The first-order valence-electron chi connectivity index (χ1n) is 7.10. The molecule has 0 radical (unpaired) electrons. The highest BCUT2D eigenvalue weighted by atomic mass is 16.2. The van der Waals surface area contributed by atoms with Crippen LogP contribution in [-0.2, 0) is 4.79 Å². The van der Waals surface area contributed by atoms with Gasteiger partial charge in [0.15, 0.2) is 0 Å². The molecule has 2 heteroatoms. The Morgan fingerprint density at radius 3 is 2.44 bits per heavy atom. The van der Waals surface area contributed by atoms with E-state index >= 15 is 0 Å². The van der Waals surface area contributed by atoms with Crippen molar-refractivity contribution >= 4 is 11.6 Å². The van der Waals surface area contributed by atoms with Crippen LogP contribution in [0.4, 0.5) is 5.69 Å². The summed E-state index contributed by atoms with van der Waals surface area (Å²) in [6.07, 6.45) is 5.03. The summed E-state index contributed by atoms with van der Waals surface area (Å²) in [5.74, 6) is 1.04. The van der Waals surface area contributed by atoms with Crippen LogP contribution < -0.4 is 4.90 Å². The van der Waals surface area contributed by atoms with Crippen molar-refractivity contribution in [1.29, 1.82) is 0 Å². The van der Waals surface area contributed by atoms with E-state index < -0.39 is 0 Å². The lowest BCUT2D eigenvalue weighted by molar-refractivity contribution is -0.123. The average molecular weight is 245 g/mol. The van der Waals surface area contributed by atoms with Gasteiger partial charge in [0.1, 0.15) is 0 Å². The van der Waals surface area contributed by atoms with Gasteiger partial charge < -0.3 is 4.90 Å². The number of benzene rings is 1. The van der Waals surface area contributed by atoms with Crippen LogP contribution >= 0.6 is 0 Å². The van der Waals surface area contributed by atoms with E-state index in [1.54, 1.807) is 0 Å². The maximum absolute atomic E-state index is 12.6. The van der Waals surface area contributed by atoms with Crippen LogP contribution in [-0.4, -0.2) is 12.5 Å². The van der Waals surface area contributed by atoms with Crippen LogP contribution in [0.25, 0.3) is 0 Å². The number of hydrogen-bond acceptors (Lipinski definition) is 1. The molecule has 0 heterocycles. The number of anilines is 1. The third-order valence-corrected chi connectivity index (χ3v) is 4.15. The molecule has 1 amide bonds. The Morgan fingerprint density at radius 2 is 1.89 bits per heavy atom. The molecule has 1 atom stereocenters. The molecule has 0 bridgehead atoms. The molecule has 1 unspecified atom stereocenters. The van der Waals surface area contributed by atoms with Crippen molar-refractivity contribution in [1.82, 2.24) is 0 Å². The van der Waals surface area contributed by atoms with Gasteiger partial charge in [-0.25, -0.2) is 0 Å². The van der Waals surface area contributed by atoms with Crippen molar-refractivity contribution in [3.63, 3.8) is 0 Å². The predicted octanol–water partition coefficient (Wildman–Crippen LogP) is 3.87. The lowest BCUT2D eigenvalue weighted by Crippen LogP contribution is -2.37. The molecule has 2 nitrogen and oxygen atoms in total. The molecule has 0 aromatic heterocycles. The Labute approximate surface area is 110 Å². The first-order chi connectivity index (χ1) is 8.74. The fourth-order valence-electron chi connectivity index (χ4n) is 2.98. The Bertz CT molecular complexity index is 381. The van der Waals surface area contributed by atoms with E-state index in [0.717, 1.165) is 12.2 Å².